The molecule has 22 heavy (non-hydrogen) atoms. The Balaban J connectivity index is 1.68. The molecule has 116 valence electrons. The Morgan fingerprint density at radius 2 is 2.23 bits per heavy atom. The number of ether oxygens (including phenoxy) is 1. The third kappa shape index (κ3) is 2.71. The van der Waals surface area contributed by atoms with E-state index >= 15 is 0 Å². The molecule has 2 heterocycles. The summed E-state index contributed by atoms with van der Waals surface area (Å²) in [4.78, 5) is 14.4. The van der Waals surface area contributed by atoms with Crippen LogP contribution in [0.15, 0.2) is 30.5 Å². The van der Waals surface area contributed by atoms with Gasteiger partial charge in [-0.15, -0.1) is 0 Å². The van der Waals surface area contributed by atoms with Gasteiger partial charge in [0.15, 0.2) is 0 Å². The summed E-state index contributed by atoms with van der Waals surface area (Å²) in [6.45, 7) is 3.05. The minimum Gasteiger partial charge on any atom is -0.492 e. The molecule has 2 aromatic rings. The van der Waals surface area contributed by atoms with Crippen molar-refractivity contribution in [2.75, 3.05) is 13.7 Å². The molecular formula is C17H21N3O2. The summed E-state index contributed by atoms with van der Waals surface area (Å²) in [5.74, 6) is 0.909. The summed E-state index contributed by atoms with van der Waals surface area (Å²) in [5, 5.41) is 4.22. The number of hydrogen-bond donors (Lipinski definition) is 0. The van der Waals surface area contributed by atoms with Crippen molar-refractivity contribution in [3.05, 3.63) is 47.3 Å². The lowest BCUT2D eigenvalue weighted by molar-refractivity contribution is -0.136. The maximum atomic E-state index is 12.6. The van der Waals surface area contributed by atoms with Gasteiger partial charge in [-0.25, -0.2) is 0 Å². The van der Waals surface area contributed by atoms with Gasteiger partial charge in [-0.1, -0.05) is 18.2 Å². The van der Waals surface area contributed by atoms with Crippen LogP contribution in [0.25, 0.3) is 0 Å². The molecule has 1 aromatic heterocycles. The average Bonchev–Trinajstić information content (AvgIpc) is 2.85. The SMILES string of the molecule is Cc1c(CN(C)C(=O)[C@H]2COc3ccccc3C2)cnn1C. The number of hydrogen-bond acceptors (Lipinski definition) is 3. The second kappa shape index (κ2) is 5.83. The fourth-order valence-corrected chi connectivity index (χ4v) is 2.83. The first kappa shape index (κ1) is 14.6. The number of amides is 1. The van der Waals surface area contributed by atoms with Gasteiger partial charge in [0.2, 0.25) is 5.91 Å². The number of benzene rings is 1. The Morgan fingerprint density at radius 1 is 1.45 bits per heavy atom. The number of carbonyl (C=O) groups excluding carboxylic acids is 1. The van der Waals surface area contributed by atoms with E-state index in [9.17, 15) is 4.79 Å². The Labute approximate surface area is 130 Å². The zero-order chi connectivity index (χ0) is 15.7. The summed E-state index contributed by atoms with van der Waals surface area (Å²) in [7, 11) is 3.75. The van der Waals surface area contributed by atoms with Gasteiger partial charge in [-0.3, -0.25) is 9.48 Å². The maximum Gasteiger partial charge on any atom is 0.229 e. The average molecular weight is 299 g/mol. The van der Waals surface area contributed by atoms with Crippen molar-refractivity contribution in [1.82, 2.24) is 14.7 Å². The predicted molar refractivity (Wildman–Crippen MR) is 83.6 cm³/mol. The number of aryl methyl sites for hydroxylation is 1. The van der Waals surface area contributed by atoms with Crippen LogP contribution in [-0.4, -0.2) is 34.2 Å². The first-order valence-electron chi connectivity index (χ1n) is 7.49. The standard InChI is InChI=1S/C17H21N3O2/c1-12-15(9-18-20(12)3)10-19(2)17(21)14-8-13-6-4-5-7-16(13)22-11-14/h4-7,9,14H,8,10-11H2,1-3H3/t14-/m1/s1. The number of carbonyl (C=O) groups is 1. The van der Waals surface area contributed by atoms with Gasteiger partial charge in [0.05, 0.1) is 12.1 Å². The lowest BCUT2D eigenvalue weighted by Gasteiger charge is -2.28. The van der Waals surface area contributed by atoms with E-state index in [1.54, 1.807) is 4.90 Å². The highest BCUT2D eigenvalue weighted by Gasteiger charge is 2.28. The molecule has 5 heteroatoms. The Bertz CT molecular complexity index is 693. The third-order valence-corrected chi connectivity index (χ3v) is 4.35. The second-order valence-corrected chi connectivity index (χ2v) is 5.89. The molecule has 5 nitrogen and oxygen atoms in total. The van der Waals surface area contributed by atoms with Crippen LogP contribution in [0, 0.1) is 12.8 Å². The van der Waals surface area contributed by atoms with Crippen molar-refractivity contribution in [3.8, 4) is 5.75 Å². The van der Waals surface area contributed by atoms with E-state index in [4.69, 9.17) is 4.74 Å². The summed E-state index contributed by atoms with van der Waals surface area (Å²) >= 11 is 0. The topological polar surface area (TPSA) is 47.4 Å². The lowest BCUT2D eigenvalue weighted by Crippen LogP contribution is -2.38. The van der Waals surface area contributed by atoms with Crippen LogP contribution in [0.3, 0.4) is 0 Å². The summed E-state index contributed by atoms with van der Waals surface area (Å²) in [5.41, 5.74) is 3.28. The van der Waals surface area contributed by atoms with E-state index in [0.717, 1.165) is 29.0 Å². The van der Waals surface area contributed by atoms with Crippen LogP contribution in [0.1, 0.15) is 16.8 Å². The van der Waals surface area contributed by atoms with Gasteiger partial charge in [0, 0.05) is 31.9 Å². The first-order chi connectivity index (χ1) is 10.6. The predicted octanol–water partition coefficient (Wildman–Crippen LogP) is 1.94. The smallest absolute Gasteiger partial charge is 0.229 e. The molecule has 1 aliphatic heterocycles. The molecule has 0 radical (unpaired) electrons. The molecule has 0 N–H and O–H groups in total. The zero-order valence-corrected chi connectivity index (χ0v) is 13.2. The molecule has 3 rings (SSSR count). The van der Waals surface area contributed by atoms with Gasteiger partial charge in [0.1, 0.15) is 12.4 Å². The van der Waals surface area contributed by atoms with Crippen LogP contribution >= 0.6 is 0 Å². The van der Waals surface area contributed by atoms with Crippen LogP contribution in [0.5, 0.6) is 5.75 Å². The molecule has 1 aromatic carbocycles. The fraction of sp³-hybridized carbons (Fsp3) is 0.412. The molecule has 1 aliphatic rings. The van der Waals surface area contributed by atoms with Gasteiger partial charge in [-0.2, -0.15) is 5.10 Å². The number of para-hydroxylation sites is 1. The molecule has 0 spiro atoms. The highest BCUT2D eigenvalue weighted by atomic mass is 16.5. The Morgan fingerprint density at radius 3 is 2.95 bits per heavy atom. The monoisotopic (exact) mass is 299 g/mol. The molecule has 0 bridgehead atoms. The van der Waals surface area contributed by atoms with Gasteiger partial charge in [0.25, 0.3) is 0 Å². The van der Waals surface area contributed by atoms with E-state index in [0.29, 0.717) is 13.2 Å². The van der Waals surface area contributed by atoms with Gasteiger partial charge < -0.3 is 9.64 Å². The molecule has 0 fully saturated rings. The summed E-state index contributed by atoms with van der Waals surface area (Å²) in [6, 6.07) is 7.93. The van der Waals surface area contributed by atoms with Gasteiger partial charge >= 0.3 is 0 Å². The molecule has 1 atom stereocenters. The number of aromatic nitrogens is 2. The Kier molecular flexibility index (Phi) is 3.88. The van der Waals surface area contributed by atoms with Crippen molar-refractivity contribution in [2.24, 2.45) is 13.0 Å². The Hall–Kier alpha value is -2.30. The van der Waals surface area contributed by atoms with Crippen molar-refractivity contribution >= 4 is 5.91 Å². The van der Waals surface area contributed by atoms with E-state index in [-0.39, 0.29) is 11.8 Å². The minimum absolute atomic E-state index is 0.114. The van der Waals surface area contributed by atoms with E-state index in [2.05, 4.69) is 5.10 Å². The molecule has 0 unspecified atom stereocenters. The van der Waals surface area contributed by atoms with Crippen molar-refractivity contribution in [1.29, 1.82) is 0 Å². The number of rotatable bonds is 3. The quantitative estimate of drug-likeness (QED) is 0.870. The fourth-order valence-electron chi connectivity index (χ4n) is 2.83. The summed E-state index contributed by atoms with van der Waals surface area (Å²) in [6.07, 6.45) is 2.57. The van der Waals surface area contributed by atoms with E-state index in [1.165, 1.54) is 0 Å². The van der Waals surface area contributed by atoms with E-state index in [1.807, 2.05) is 56.2 Å². The van der Waals surface area contributed by atoms with Gasteiger partial charge in [-0.05, 0) is 25.0 Å². The molecule has 0 aliphatic carbocycles. The summed E-state index contributed by atoms with van der Waals surface area (Å²) < 4.78 is 7.55. The normalized spacial score (nSPS) is 16.8. The lowest BCUT2D eigenvalue weighted by atomic mass is 9.95. The van der Waals surface area contributed by atoms with Crippen LogP contribution in [0.4, 0.5) is 0 Å². The number of nitrogens with zero attached hydrogens (tertiary/aromatic N) is 3. The third-order valence-electron chi connectivity index (χ3n) is 4.35. The molecular weight excluding hydrogens is 278 g/mol. The molecule has 0 saturated heterocycles. The zero-order valence-electron chi connectivity index (χ0n) is 13.2. The van der Waals surface area contributed by atoms with Crippen molar-refractivity contribution < 1.29 is 9.53 Å². The largest absolute Gasteiger partial charge is 0.492 e. The molecule has 0 saturated carbocycles. The van der Waals surface area contributed by atoms with Crippen LogP contribution < -0.4 is 4.74 Å². The van der Waals surface area contributed by atoms with Crippen molar-refractivity contribution in [2.45, 2.75) is 19.9 Å². The number of fused-ring (bicyclic) bond motifs is 1. The second-order valence-electron chi connectivity index (χ2n) is 5.89. The van der Waals surface area contributed by atoms with Crippen LogP contribution in [-0.2, 0) is 24.8 Å². The van der Waals surface area contributed by atoms with Crippen molar-refractivity contribution in [3.63, 3.8) is 0 Å². The highest BCUT2D eigenvalue weighted by molar-refractivity contribution is 5.79. The first-order valence-corrected chi connectivity index (χ1v) is 7.49. The van der Waals surface area contributed by atoms with E-state index < -0.39 is 0 Å². The van der Waals surface area contributed by atoms with Crippen LogP contribution in [0.2, 0.25) is 0 Å². The molecule has 1 amide bonds. The highest BCUT2D eigenvalue weighted by Crippen LogP contribution is 2.27. The maximum absolute atomic E-state index is 12.6. The minimum atomic E-state index is -0.114.